The van der Waals surface area contributed by atoms with E-state index in [1.165, 1.54) is 0 Å². The van der Waals surface area contributed by atoms with Crippen LogP contribution in [0.4, 0.5) is 11.4 Å². The summed E-state index contributed by atoms with van der Waals surface area (Å²) in [5.41, 5.74) is 15.0. The Bertz CT molecular complexity index is 559. The van der Waals surface area contributed by atoms with Crippen LogP contribution < -0.4 is 16.2 Å². The summed E-state index contributed by atoms with van der Waals surface area (Å²) < 4.78 is 5.44. The number of hydrogen-bond donors (Lipinski definition) is 2. The van der Waals surface area contributed by atoms with Crippen molar-refractivity contribution in [2.45, 2.75) is 6.92 Å². The van der Waals surface area contributed by atoms with Gasteiger partial charge in [0.1, 0.15) is 5.75 Å². The van der Waals surface area contributed by atoms with Gasteiger partial charge < -0.3 is 16.2 Å². The minimum absolute atomic E-state index is 0.618. The molecule has 0 bridgehead atoms. The van der Waals surface area contributed by atoms with Crippen molar-refractivity contribution in [1.29, 1.82) is 0 Å². The molecular weight excluding hydrogens is 224 g/mol. The van der Waals surface area contributed by atoms with Crippen molar-refractivity contribution in [3.63, 3.8) is 0 Å². The number of allylic oxidation sites excluding steroid dienone is 1. The highest BCUT2D eigenvalue weighted by molar-refractivity contribution is 5.71. The normalized spacial score (nSPS) is 10.7. The van der Waals surface area contributed by atoms with Crippen LogP contribution in [0.5, 0.6) is 5.75 Å². The summed E-state index contributed by atoms with van der Waals surface area (Å²) >= 11 is 0. The van der Waals surface area contributed by atoms with Gasteiger partial charge in [0.05, 0.1) is 11.9 Å². The topological polar surface area (TPSA) is 61.3 Å². The highest BCUT2D eigenvalue weighted by Gasteiger charge is 2.03. The predicted octanol–water partition coefficient (Wildman–Crippen LogP) is 3.43. The second kappa shape index (κ2) is 5.27. The van der Waals surface area contributed by atoms with Crippen LogP contribution in [0.15, 0.2) is 54.8 Å². The number of rotatable bonds is 3. The van der Waals surface area contributed by atoms with Crippen LogP contribution in [0, 0.1) is 0 Å². The van der Waals surface area contributed by atoms with Crippen molar-refractivity contribution >= 4 is 11.4 Å². The first-order chi connectivity index (χ1) is 8.70. The third-order valence-electron chi connectivity index (χ3n) is 2.59. The minimum Gasteiger partial charge on any atom is -0.463 e. The molecule has 2 aromatic carbocycles. The number of anilines is 2. The van der Waals surface area contributed by atoms with Crippen molar-refractivity contribution in [2.24, 2.45) is 0 Å². The Hall–Kier alpha value is -2.42. The van der Waals surface area contributed by atoms with Crippen molar-refractivity contribution in [3.8, 4) is 16.9 Å². The van der Waals surface area contributed by atoms with Gasteiger partial charge in [-0.05, 0) is 42.3 Å². The van der Waals surface area contributed by atoms with Gasteiger partial charge in [-0.15, -0.1) is 0 Å². The van der Waals surface area contributed by atoms with Gasteiger partial charge in [-0.2, -0.15) is 0 Å². The molecule has 2 rings (SSSR count). The molecule has 0 unspecified atom stereocenters. The highest BCUT2D eigenvalue weighted by Crippen LogP contribution is 2.29. The molecule has 0 saturated heterocycles. The van der Waals surface area contributed by atoms with Crippen LogP contribution in [0.25, 0.3) is 11.1 Å². The summed E-state index contributed by atoms with van der Waals surface area (Å²) in [5.74, 6) is 0.655. The van der Waals surface area contributed by atoms with E-state index in [2.05, 4.69) is 0 Å². The lowest BCUT2D eigenvalue weighted by atomic mass is 10.0. The third kappa shape index (κ3) is 2.63. The zero-order chi connectivity index (χ0) is 13.0. The van der Waals surface area contributed by atoms with Gasteiger partial charge in [-0.3, -0.25) is 0 Å². The molecule has 0 atom stereocenters. The minimum atomic E-state index is 0.618. The van der Waals surface area contributed by atoms with Crippen molar-refractivity contribution in [1.82, 2.24) is 0 Å². The standard InChI is InChI=1S/C15H16N2O/c1-2-9-18-15-10-12(5-8-14(15)17)11-3-6-13(16)7-4-11/h2-10H,16-17H2,1H3. The fourth-order valence-corrected chi connectivity index (χ4v) is 1.63. The Morgan fingerprint density at radius 3 is 2.28 bits per heavy atom. The van der Waals surface area contributed by atoms with Crippen molar-refractivity contribution in [2.75, 3.05) is 11.5 Å². The van der Waals surface area contributed by atoms with Crippen LogP contribution in [0.2, 0.25) is 0 Å². The van der Waals surface area contributed by atoms with Crippen LogP contribution in [0.3, 0.4) is 0 Å². The van der Waals surface area contributed by atoms with Gasteiger partial charge in [0.2, 0.25) is 0 Å². The summed E-state index contributed by atoms with van der Waals surface area (Å²) in [6, 6.07) is 13.4. The molecule has 0 aliphatic rings. The Morgan fingerprint density at radius 2 is 1.61 bits per heavy atom. The lowest BCUT2D eigenvalue weighted by Gasteiger charge is -2.08. The maximum absolute atomic E-state index is 5.85. The zero-order valence-electron chi connectivity index (χ0n) is 10.3. The van der Waals surface area contributed by atoms with E-state index in [0.717, 1.165) is 16.8 Å². The number of ether oxygens (including phenoxy) is 1. The first-order valence-electron chi connectivity index (χ1n) is 5.74. The molecule has 0 radical (unpaired) electrons. The molecular formula is C15H16N2O. The zero-order valence-corrected chi connectivity index (χ0v) is 10.3. The molecule has 0 aliphatic heterocycles. The number of nitrogen functional groups attached to an aromatic ring is 2. The Kier molecular flexibility index (Phi) is 3.53. The molecule has 3 nitrogen and oxygen atoms in total. The number of benzene rings is 2. The molecule has 0 aromatic heterocycles. The monoisotopic (exact) mass is 240 g/mol. The Labute approximate surface area is 107 Å². The Balaban J connectivity index is 2.37. The third-order valence-corrected chi connectivity index (χ3v) is 2.59. The molecule has 0 aliphatic carbocycles. The molecule has 0 heterocycles. The van der Waals surface area contributed by atoms with Crippen molar-refractivity contribution < 1.29 is 4.74 Å². The molecule has 3 heteroatoms. The highest BCUT2D eigenvalue weighted by atomic mass is 16.5. The van der Waals surface area contributed by atoms with Gasteiger partial charge >= 0.3 is 0 Å². The van der Waals surface area contributed by atoms with E-state index in [0.29, 0.717) is 11.4 Å². The number of hydrogen-bond acceptors (Lipinski definition) is 3. The molecule has 0 spiro atoms. The smallest absolute Gasteiger partial charge is 0.149 e. The van der Waals surface area contributed by atoms with Gasteiger partial charge in [-0.1, -0.05) is 24.3 Å². The summed E-state index contributed by atoms with van der Waals surface area (Å²) in [6.45, 7) is 1.89. The summed E-state index contributed by atoms with van der Waals surface area (Å²) in [5, 5.41) is 0. The van der Waals surface area contributed by atoms with Crippen LogP contribution >= 0.6 is 0 Å². The van der Waals surface area contributed by atoms with Gasteiger partial charge in [-0.25, -0.2) is 0 Å². The van der Waals surface area contributed by atoms with E-state index in [9.17, 15) is 0 Å². The first-order valence-corrected chi connectivity index (χ1v) is 5.74. The summed E-state index contributed by atoms with van der Waals surface area (Å²) in [6.07, 6.45) is 3.42. The second-order valence-corrected chi connectivity index (χ2v) is 3.96. The van der Waals surface area contributed by atoms with E-state index in [4.69, 9.17) is 16.2 Å². The van der Waals surface area contributed by atoms with E-state index in [-0.39, 0.29) is 0 Å². The SMILES string of the molecule is CC=COc1cc(-c2ccc(N)cc2)ccc1N. The van der Waals surface area contributed by atoms with Gasteiger partial charge in [0, 0.05) is 5.69 Å². The maximum atomic E-state index is 5.85. The van der Waals surface area contributed by atoms with Crippen LogP contribution in [0.1, 0.15) is 6.92 Å². The first kappa shape index (κ1) is 12.0. The summed E-state index contributed by atoms with van der Waals surface area (Å²) in [4.78, 5) is 0. The second-order valence-electron chi connectivity index (χ2n) is 3.96. The fraction of sp³-hybridized carbons (Fsp3) is 0.0667. The largest absolute Gasteiger partial charge is 0.463 e. The fourth-order valence-electron chi connectivity index (χ4n) is 1.63. The van der Waals surface area contributed by atoms with Crippen LogP contribution in [-0.4, -0.2) is 0 Å². The molecule has 2 aromatic rings. The molecule has 92 valence electrons. The molecule has 0 fully saturated rings. The van der Waals surface area contributed by atoms with E-state index in [1.807, 2.05) is 55.5 Å². The molecule has 4 N–H and O–H groups in total. The lowest BCUT2D eigenvalue weighted by Crippen LogP contribution is -1.92. The molecule has 18 heavy (non-hydrogen) atoms. The maximum Gasteiger partial charge on any atom is 0.149 e. The molecule has 0 saturated carbocycles. The lowest BCUT2D eigenvalue weighted by molar-refractivity contribution is 0.483. The summed E-state index contributed by atoms with van der Waals surface area (Å²) in [7, 11) is 0. The molecule has 0 amide bonds. The van der Waals surface area contributed by atoms with E-state index in [1.54, 1.807) is 6.26 Å². The average Bonchev–Trinajstić information content (AvgIpc) is 2.39. The average molecular weight is 240 g/mol. The van der Waals surface area contributed by atoms with E-state index >= 15 is 0 Å². The van der Waals surface area contributed by atoms with Crippen molar-refractivity contribution in [3.05, 3.63) is 54.8 Å². The van der Waals surface area contributed by atoms with Crippen LogP contribution in [-0.2, 0) is 0 Å². The van der Waals surface area contributed by atoms with Gasteiger partial charge in [0.25, 0.3) is 0 Å². The Morgan fingerprint density at radius 1 is 0.944 bits per heavy atom. The van der Waals surface area contributed by atoms with Gasteiger partial charge in [0.15, 0.2) is 0 Å². The predicted molar refractivity (Wildman–Crippen MR) is 76.1 cm³/mol. The quantitative estimate of drug-likeness (QED) is 0.638. The van der Waals surface area contributed by atoms with E-state index < -0.39 is 0 Å². The number of nitrogens with two attached hydrogens (primary N) is 2.